The second-order valence-electron chi connectivity index (χ2n) is 4.52. The van der Waals surface area contributed by atoms with Crippen molar-refractivity contribution >= 4 is 27.4 Å². The Bertz CT molecular complexity index is 661. The summed E-state index contributed by atoms with van der Waals surface area (Å²) in [5.74, 6) is 0.887. The van der Waals surface area contributed by atoms with E-state index in [4.69, 9.17) is 0 Å². The number of rotatable bonds is 4. The summed E-state index contributed by atoms with van der Waals surface area (Å²) >= 11 is 1.63. The fraction of sp³-hybridized carbons (Fsp3) is 0.308. The Labute approximate surface area is 115 Å². The summed E-state index contributed by atoms with van der Waals surface area (Å²) < 4.78 is 1.95. The van der Waals surface area contributed by atoms with Gasteiger partial charge in [0.15, 0.2) is 0 Å². The molecule has 0 aliphatic heterocycles. The van der Waals surface area contributed by atoms with Crippen LogP contribution in [0.5, 0.6) is 0 Å². The molecule has 0 saturated heterocycles. The molecule has 3 aromatic heterocycles. The standard InChI is InChI=1S/C13H15N5S/c1-9(10(2)18-6-3-5-16-18)17-12-11-4-7-19-13(11)15-8-14-12/h3-10H,1-2H3,(H,14,15,17)/t9-,10+/m1/s1. The van der Waals surface area contributed by atoms with E-state index in [0.717, 1.165) is 16.0 Å². The highest BCUT2D eigenvalue weighted by Crippen LogP contribution is 2.25. The summed E-state index contributed by atoms with van der Waals surface area (Å²) in [4.78, 5) is 9.60. The quantitative estimate of drug-likeness (QED) is 0.794. The fourth-order valence-corrected chi connectivity index (χ4v) is 2.72. The molecule has 5 nitrogen and oxygen atoms in total. The molecule has 6 heteroatoms. The predicted octanol–water partition coefficient (Wildman–Crippen LogP) is 2.95. The summed E-state index contributed by atoms with van der Waals surface area (Å²) in [6.45, 7) is 4.27. The molecular weight excluding hydrogens is 258 g/mol. The van der Waals surface area contributed by atoms with E-state index in [9.17, 15) is 0 Å². The van der Waals surface area contributed by atoms with Crippen LogP contribution < -0.4 is 5.32 Å². The van der Waals surface area contributed by atoms with Crippen molar-refractivity contribution in [1.82, 2.24) is 19.7 Å². The normalized spacial score (nSPS) is 14.4. The minimum absolute atomic E-state index is 0.220. The smallest absolute Gasteiger partial charge is 0.138 e. The molecule has 3 rings (SSSR count). The first-order chi connectivity index (χ1) is 9.25. The van der Waals surface area contributed by atoms with E-state index in [-0.39, 0.29) is 12.1 Å². The molecule has 98 valence electrons. The van der Waals surface area contributed by atoms with Gasteiger partial charge in [-0.1, -0.05) is 0 Å². The Morgan fingerprint density at radius 1 is 1.32 bits per heavy atom. The second-order valence-corrected chi connectivity index (χ2v) is 5.42. The Morgan fingerprint density at radius 2 is 2.21 bits per heavy atom. The lowest BCUT2D eigenvalue weighted by Gasteiger charge is -2.22. The van der Waals surface area contributed by atoms with Crippen LogP contribution in [0.2, 0.25) is 0 Å². The zero-order valence-corrected chi connectivity index (χ0v) is 11.6. The Hall–Kier alpha value is -1.95. The average Bonchev–Trinajstić information content (AvgIpc) is 3.09. The van der Waals surface area contributed by atoms with Gasteiger partial charge in [0.1, 0.15) is 17.0 Å². The third-order valence-electron chi connectivity index (χ3n) is 3.29. The molecule has 3 heterocycles. The van der Waals surface area contributed by atoms with Crippen molar-refractivity contribution in [2.24, 2.45) is 0 Å². The van der Waals surface area contributed by atoms with Gasteiger partial charge in [0, 0.05) is 18.4 Å². The zero-order chi connectivity index (χ0) is 13.2. The third kappa shape index (κ3) is 2.31. The van der Waals surface area contributed by atoms with Gasteiger partial charge in [0.2, 0.25) is 0 Å². The monoisotopic (exact) mass is 273 g/mol. The number of fused-ring (bicyclic) bond motifs is 1. The van der Waals surface area contributed by atoms with E-state index in [1.165, 1.54) is 0 Å². The molecule has 0 unspecified atom stereocenters. The first-order valence-electron chi connectivity index (χ1n) is 6.19. The lowest BCUT2D eigenvalue weighted by atomic mass is 10.1. The summed E-state index contributed by atoms with van der Waals surface area (Å²) in [6.07, 6.45) is 5.38. The second kappa shape index (κ2) is 4.97. The van der Waals surface area contributed by atoms with Crippen LogP contribution in [-0.4, -0.2) is 25.8 Å². The van der Waals surface area contributed by atoms with Crippen LogP contribution in [0, 0.1) is 0 Å². The topological polar surface area (TPSA) is 55.6 Å². The molecule has 0 amide bonds. The first-order valence-corrected chi connectivity index (χ1v) is 7.07. The highest BCUT2D eigenvalue weighted by Gasteiger charge is 2.16. The zero-order valence-electron chi connectivity index (χ0n) is 10.8. The molecule has 19 heavy (non-hydrogen) atoms. The van der Waals surface area contributed by atoms with Crippen LogP contribution in [0.1, 0.15) is 19.9 Å². The molecule has 2 atom stereocenters. The van der Waals surface area contributed by atoms with E-state index in [2.05, 4.69) is 34.2 Å². The van der Waals surface area contributed by atoms with Crippen molar-refractivity contribution in [3.8, 4) is 0 Å². The largest absolute Gasteiger partial charge is 0.365 e. The molecule has 0 fully saturated rings. The van der Waals surface area contributed by atoms with E-state index in [1.54, 1.807) is 23.9 Å². The van der Waals surface area contributed by atoms with Crippen molar-refractivity contribution in [1.29, 1.82) is 0 Å². The fourth-order valence-electron chi connectivity index (χ4n) is 1.99. The highest BCUT2D eigenvalue weighted by atomic mass is 32.1. The van der Waals surface area contributed by atoms with Crippen LogP contribution in [0.3, 0.4) is 0 Å². The lowest BCUT2D eigenvalue weighted by molar-refractivity contribution is 0.443. The number of aromatic nitrogens is 4. The summed E-state index contributed by atoms with van der Waals surface area (Å²) in [5.41, 5.74) is 0. The number of thiophene rings is 1. The summed E-state index contributed by atoms with van der Waals surface area (Å²) in [6, 6.07) is 4.45. The van der Waals surface area contributed by atoms with E-state index in [1.807, 2.05) is 28.4 Å². The minimum atomic E-state index is 0.220. The number of nitrogens with zero attached hydrogens (tertiary/aromatic N) is 4. The molecular formula is C13H15N5S. The van der Waals surface area contributed by atoms with Crippen LogP contribution in [0.4, 0.5) is 5.82 Å². The van der Waals surface area contributed by atoms with Gasteiger partial charge in [-0.2, -0.15) is 5.10 Å². The molecule has 0 aliphatic rings. The van der Waals surface area contributed by atoms with Gasteiger partial charge in [-0.3, -0.25) is 4.68 Å². The van der Waals surface area contributed by atoms with Crippen molar-refractivity contribution < 1.29 is 0 Å². The number of hydrogen-bond donors (Lipinski definition) is 1. The predicted molar refractivity (Wildman–Crippen MR) is 77.4 cm³/mol. The molecule has 0 saturated carbocycles. The first kappa shape index (κ1) is 12.1. The van der Waals surface area contributed by atoms with Crippen LogP contribution >= 0.6 is 11.3 Å². The maximum atomic E-state index is 4.34. The highest BCUT2D eigenvalue weighted by molar-refractivity contribution is 7.16. The Kier molecular flexibility index (Phi) is 3.16. The molecule has 0 bridgehead atoms. The van der Waals surface area contributed by atoms with Crippen molar-refractivity contribution in [3.05, 3.63) is 36.2 Å². The number of nitrogens with one attached hydrogen (secondary N) is 1. The average molecular weight is 273 g/mol. The van der Waals surface area contributed by atoms with Crippen molar-refractivity contribution in [2.45, 2.75) is 25.9 Å². The van der Waals surface area contributed by atoms with E-state index in [0.29, 0.717) is 0 Å². The molecule has 0 spiro atoms. The molecule has 0 aliphatic carbocycles. The molecule has 0 radical (unpaired) electrons. The van der Waals surface area contributed by atoms with Crippen molar-refractivity contribution in [2.75, 3.05) is 5.32 Å². The molecule has 1 N–H and O–H groups in total. The van der Waals surface area contributed by atoms with Gasteiger partial charge in [0.25, 0.3) is 0 Å². The van der Waals surface area contributed by atoms with Crippen LogP contribution in [-0.2, 0) is 0 Å². The van der Waals surface area contributed by atoms with Crippen molar-refractivity contribution in [3.63, 3.8) is 0 Å². The van der Waals surface area contributed by atoms with Gasteiger partial charge < -0.3 is 5.32 Å². The van der Waals surface area contributed by atoms with Gasteiger partial charge in [-0.25, -0.2) is 9.97 Å². The maximum Gasteiger partial charge on any atom is 0.138 e. The lowest BCUT2D eigenvalue weighted by Crippen LogP contribution is -2.27. The van der Waals surface area contributed by atoms with Crippen LogP contribution in [0.25, 0.3) is 10.2 Å². The molecule has 0 aromatic carbocycles. The Balaban J connectivity index is 1.83. The molecule has 3 aromatic rings. The SMILES string of the molecule is C[C@@H](Nc1ncnc2sccc12)[C@H](C)n1cccn1. The van der Waals surface area contributed by atoms with E-state index < -0.39 is 0 Å². The van der Waals surface area contributed by atoms with Gasteiger partial charge >= 0.3 is 0 Å². The summed E-state index contributed by atoms with van der Waals surface area (Å²) in [7, 11) is 0. The summed E-state index contributed by atoms with van der Waals surface area (Å²) in [5, 5.41) is 10.8. The maximum absolute atomic E-state index is 4.34. The van der Waals surface area contributed by atoms with Crippen LogP contribution in [0.15, 0.2) is 36.2 Å². The van der Waals surface area contributed by atoms with E-state index >= 15 is 0 Å². The number of hydrogen-bond acceptors (Lipinski definition) is 5. The van der Waals surface area contributed by atoms with Gasteiger partial charge in [-0.15, -0.1) is 11.3 Å². The minimum Gasteiger partial charge on any atom is -0.365 e. The number of anilines is 1. The third-order valence-corrected chi connectivity index (χ3v) is 4.11. The van der Waals surface area contributed by atoms with Gasteiger partial charge in [0.05, 0.1) is 11.4 Å². The van der Waals surface area contributed by atoms with Gasteiger partial charge in [-0.05, 0) is 31.4 Å². The Morgan fingerprint density at radius 3 is 3.00 bits per heavy atom.